The molecule has 0 bridgehead atoms. The number of rotatable bonds is 6. The minimum absolute atomic E-state index is 0.104. The standard InChI is InChI=1S/C14H23N3O2S/c1-4-17(13-9-15-10-13)12-5-7-14(8-6-12)20(18,19)16-11(2)3/h5-8,11,13,15-16H,4,9-10H2,1-3H3. The molecule has 5 nitrogen and oxygen atoms in total. The molecule has 0 aliphatic carbocycles. The van der Waals surface area contributed by atoms with Crippen LogP contribution in [-0.2, 0) is 10.0 Å². The Morgan fingerprint density at radius 3 is 2.30 bits per heavy atom. The highest BCUT2D eigenvalue weighted by atomic mass is 32.2. The van der Waals surface area contributed by atoms with Crippen molar-refractivity contribution in [3.05, 3.63) is 24.3 Å². The summed E-state index contributed by atoms with van der Waals surface area (Å²) >= 11 is 0. The molecular formula is C14H23N3O2S. The van der Waals surface area contributed by atoms with E-state index in [1.807, 2.05) is 26.0 Å². The van der Waals surface area contributed by atoms with E-state index in [-0.39, 0.29) is 6.04 Å². The highest BCUT2D eigenvalue weighted by molar-refractivity contribution is 7.89. The summed E-state index contributed by atoms with van der Waals surface area (Å²) in [5.74, 6) is 0. The van der Waals surface area contributed by atoms with Gasteiger partial charge in [-0.3, -0.25) is 0 Å². The molecule has 1 heterocycles. The zero-order valence-corrected chi connectivity index (χ0v) is 13.1. The Morgan fingerprint density at radius 1 is 1.30 bits per heavy atom. The molecule has 112 valence electrons. The van der Waals surface area contributed by atoms with E-state index < -0.39 is 10.0 Å². The molecule has 0 radical (unpaired) electrons. The highest BCUT2D eigenvalue weighted by Gasteiger charge is 2.24. The van der Waals surface area contributed by atoms with Crippen molar-refractivity contribution in [3.63, 3.8) is 0 Å². The first kappa shape index (κ1) is 15.3. The van der Waals surface area contributed by atoms with Crippen LogP contribution in [0.4, 0.5) is 5.69 Å². The lowest BCUT2D eigenvalue weighted by Gasteiger charge is -2.39. The molecule has 2 rings (SSSR count). The van der Waals surface area contributed by atoms with E-state index in [1.165, 1.54) is 0 Å². The van der Waals surface area contributed by atoms with Gasteiger partial charge in [-0.1, -0.05) is 0 Å². The van der Waals surface area contributed by atoms with Gasteiger partial charge in [0, 0.05) is 31.4 Å². The molecule has 1 aliphatic heterocycles. The van der Waals surface area contributed by atoms with Crippen LogP contribution in [0.2, 0.25) is 0 Å². The summed E-state index contributed by atoms with van der Waals surface area (Å²) in [6, 6.07) is 7.53. The van der Waals surface area contributed by atoms with Crippen LogP contribution < -0.4 is 14.9 Å². The van der Waals surface area contributed by atoms with Crippen molar-refractivity contribution in [3.8, 4) is 0 Å². The van der Waals surface area contributed by atoms with E-state index in [2.05, 4.69) is 21.9 Å². The van der Waals surface area contributed by atoms with Crippen molar-refractivity contribution >= 4 is 15.7 Å². The molecule has 0 spiro atoms. The summed E-state index contributed by atoms with van der Waals surface area (Å²) in [5, 5.41) is 3.26. The van der Waals surface area contributed by atoms with Crippen LogP contribution in [0.1, 0.15) is 20.8 Å². The van der Waals surface area contributed by atoms with Crippen LogP contribution in [0, 0.1) is 0 Å². The molecule has 0 aromatic heterocycles. The third-order valence-electron chi connectivity index (χ3n) is 3.41. The molecule has 0 atom stereocenters. The van der Waals surface area contributed by atoms with Gasteiger partial charge in [0.15, 0.2) is 0 Å². The number of nitrogens with zero attached hydrogens (tertiary/aromatic N) is 1. The monoisotopic (exact) mass is 297 g/mol. The summed E-state index contributed by atoms with van der Waals surface area (Å²) in [6.07, 6.45) is 0. The normalized spacial score (nSPS) is 16.2. The van der Waals surface area contributed by atoms with E-state index >= 15 is 0 Å². The maximum Gasteiger partial charge on any atom is 0.240 e. The van der Waals surface area contributed by atoms with Crippen LogP contribution >= 0.6 is 0 Å². The van der Waals surface area contributed by atoms with E-state index in [0.717, 1.165) is 25.3 Å². The van der Waals surface area contributed by atoms with Gasteiger partial charge in [-0.2, -0.15) is 0 Å². The average molecular weight is 297 g/mol. The van der Waals surface area contributed by atoms with Crippen molar-refractivity contribution < 1.29 is 8.42 Å². The fourth-order valence-electron chi connectivity index (χ4n) is 2.34. The number of sulfonamides is 1. The Morgan fingerprint density at radius 2 is 1.90 bits per heavy atom. The zero-order chi connectivity index (χ0) is 14.8. The average Bonchev–Trinajstić information content (AvgIpc) is 2.32. The van der Waals surface area contributed by atoms with Crippen molar-refractivity contribution in [2.75, 3.05) is 24.5 Å². The predicted octanol–water partition coefficient (Wildman–Crippen LogP) is 1.17. The SMILES string of the molecule is CCN(c1ccc(S(=O)(=O)NC(C)C)cc1)C1CNC1. The molecule has 20 heavy (non-hydrogen) atoms. The van der Waals surface area contributed by atoms with Gasteiger partial charge in [-0.25, -0.2) is 13.1 Å². The van der Waals surface area contributed by atoms with Crippen LogP contribution in [0.25, 0.3) is 0 Å². The third-order valence-corrected chi connectivity index (χ3v) is 5.09. The number of anilines is 1. The van der Waals surface area contributed by atoms with Crippen LogP contribution in [0.5, 0.6) is 0 Å². The highest BCUT2D eigenvalue weighted by Crippen LogP contribution is 2.21. The Balaban J connectivity index is 2.17. The molecule has 6 heteroatoms. The Hall–Kier alpha value is -1.11. The fourth-order valence-corrected chi connectivity index (χ4v) is 3.59. The number of hydrogen-bond donors (Lipinski definition) is 2. The number of hydrogen-bond acceptors (Lipinski definition) is 4. The lowest BCUT2D eigenvalue weighted by Crippen LogP contribution is -2.57. The van der Waals surface area contributed by atoms with Crippen molar-refractivity contribution in [1.82, 2.24) is 10.0 Å². The van der Waals surface area contributed by atoms with Gasteiger partial charge >= 0.3 is 0 Å². The van der Waals surface area contributed by atoms with E-state index in [9.17, 15) is 8.42 Å². The molecule has 1 fully saturated rings. The largest absolute Gasteiger partial charge is 0.366 e. The summed E-state index contributed by atoms with van der Waals surface area (Å²) in [7, 11) is -3.40. The second kappa shape index (κ2) is 6.11. The van der Waals surface area contributed by atoms with Gasteiger partial charge in [0.1, 0.15) is 0 Å². The molecule has 1 saturated heterocycles. The summed E-state index contributed by atoms with van der Waals surface area (Å²) in [5.41, 5.74) is 1.07. The fraction of sp³-hybridized carbons (Fsp3) is 0.571. The molecule has 1 aliphatic rings. The molecular weight excluding hydrogens is 274 g/mol. The zero-order valence-electron chi connectivity index (χ0n) is 12.3. The molecule has 0 saturated carbocycles. The van der Waals surface area contributed by atoms with Gasteiger partial charge in [0.25, 0.3) is 0 Å². The lowest BCUT2D eigenvalue weighted by molar-refractivity contribution is 0.417. The minimum Gasteiger partial charge on any atom is -0.366 e. The third kappa shape index (κ3) is 3.31. The molecule has 1 aromatic carbocycles. The van der Waals surface area contributed by atoms with Gasteiger partial charge in [-0.15, -0.1) is 0 Å². The smallest absolute Gasteiger partial charge is 0.240 e. The second-order valence-electron chi connectivity index (χ2n) is 5.37. The topological polar surface area (TPSA) is 61.4 Å². The van der Waals surface area contributed by atoms with E-state index in [1.54, 1.807) is 12.1 Å². The predicted molar refractivity (Wildman–Crippen MR) is 81.6 cm³/mol. The van der Waals surface area contributed by atoms with Crippen molar-refractivity contribution in [1.29, 1.82) is 0 Å². The first-order chi connectivity index (χ1) is 9.44. The Kier molecular flexibility index (Phi) is 4.67. The number of nitrogens with one attached hydrogen (secondary N) is 2. The summed E-state index contributed by atoms with van der Waals surface area (Å²) < 4.78 is 26.7. The summed E-state index contributed by atoms with van der Waals surface area (Å²) in [6.45, 7) is 8.64. The summed E-state index contributed by atoms with van der Waals surface area (Å²) in [4.78, 5) is 2.61. The van der Waals surface area contributed by atoms with Crippen LogP contribution in [-0.4, -0.2) is 40.1 Å². The minimum atomic E-state index is -3.40. The molecule has 0 amide bonds. The van der Waals surface area contributed by atoms with Gasteiger partial charge in [-0.05, 0) is 45.0 Å². The Labute approximate surface area is 121 Å². The number of benzene rings is 1. The van der Waals surface area contributed by atoms with Gasteiger partial charge < -0.3 is 10.2 Å². The van der Waals surface area contributed by atoms with Crippen LogP contribution in [0.15, 0.2) is 29.2 Å². The van der Waals surface area contributed by atoms with Crippen molar-refractivity contribution in [2.24, 2.45) is 0 Å². The first-order valence-electron chi connectivity index (χ1n) is 7.04. The van der Waals surface area contributed by atoms with Crippen LogP contribution in [0.3, 0.4) is 0 Å². The van der Waals surface area contributed by atoms with Gasteiger partial charge in [0.05, 0.1) is 10.9 Å². The second-order valence-corrected chi connectivity index (χ2v) is 7.08. The van der Waals surface area contributed by atoms with E-state index in [4.69, 9.17) is 0 Å². The van der Waals surface area contributed by atoms with Crippen molar-refractivity contribution in [2.45, 2.75) is 37.8 Å². The quantitative estimate of drug-likeness (QED) is 0.827. The maximum atomic E-state index is 12.1. The number of likely N-dealkylation sites (N-methyl/N-ethyl adjacent to an activating group) is 1. The van der Waals surface area contributed by atoms with E-state index in [0.29, 0.717) is 10.9 Å². The maximum absolute atomic E-state index is 12.1. The molecule has 2 N–H and O–H groups in total. The molecule has 0 unspecified atom stereocenters. The Bertz CT molecular complexity index is 536. The van der Waals surface area contributed by atoms with Gasteiger partial charge in [0.2, 0.25) is 10.0 Å². The first-order valence-corrected chi connectivity index (χ1v) is 8.52. The molecule has 1 aromatic rings. The lowest BCUT2D eigenvalue weighted by atomic mass is 10.1.